The lowest BCUT2D eigenvalue weighted by molar-refractivity contribution is -0.134. The number of hydrogen-bond donors (Lipinski definition) is 1. The van der Waals surface area contributed by atoms with Gasteiger partial charge in [0.1, 0.15) is 0 Å². The summed E-state index contributed by atoms with van der Waals surface area (Å²) in [6.07, 6.45) is 3.98. The van der Waals surface area contributed by atoms with Crippen molar-refractivity contribution in [2.24, 2.45) is 5.92 Å². The lowest BCUT2D eigenvalue weighted by Crippen LogP contribution is -2.39. The number of carbonyl (C=O) groups is 1. The highest BCUT2D eigenvalue weighted by Crippen LogP contribution is 2.15. The van der Waals surface area contributed by atoms with Gasteiger partial charge in [-0.1, -0.05) is 31.2 Å². The van der Waals surface area contributed by atoms with Crippen LogP contribution in [0.3, 0.4) is 0 Å². The molecule has 20 heavy (non-hydrogen) atoms. The summed E-state index contributed by atoms with van der Waals surface area (Å²) in [5, 5.41) is 3.31. The minimum absolute atomic E-state index is 0.226. The molecule has 1 aliphatic heterocycles. The smallest absolute Gasteiger partial charge is 0.225 e. The third-order valence-electron chi connectivity index (χ3n) is 4.23. The number of benzene rings is 1. The molecule has 0 spiro atoms. The van der Waals surface area contributed by atoms with Crippen molar-refractivity contribution in [1.82, 2.24) is 10.2 Å². The van der Waals surface area contributed by atoms with E-state index < -0.39 is 0 Å². The van der Waals surface area contributed by atoms with Crippen LogP contribution in [0.15, 0.2) is 24.3 Å². The number of aryl methyl sites for hydroxylation is 1. The first-order chi connectivity index (χ1) is 9.70. The number of amides is 1. The van der Waals surface area contributed by atoms with Crippen LogP contribution in [-0.4, -0.2) is 37.5 Å². The summed E-state index contributed by atoms with van der Waals surface area (Å²) < 4.78 is 0. The first-order valence-corrected chi connectivity index (χ1v) is 7.74. The zero-order valence-electron chi connectivity index (χ0n) is 12.7. The van der Waals surface area contributed by atoms with E-state index in [1.807, 2.05) is 11.9 Å². The maximum Gasteiger partial charge on any atom is 0.225 e. The molecule has 0 saturated carbocycles. The summed E-state index contributed by atoms with van der Waals surface area (Å²) in [5.41, 5.74) is 2.68. The molecule has 0 radical (unpaired) electrons. The first-order valence-electron chi connectivity index (χ1n) is 7.74. The number of hydrogen-bond acceptors (Lipinski definition) is 2. The van der Waals surface area contributed by atoms with E-state index in [1.165, 1.54) is 11.1 Å². The van der Waals surface area contributed by atoms with Gasteiger partial charge in [0, 0.05) is 19.5 Å². The normalized spacial score (nSPS) is 16.1. The van der Waals surface area contributed by atoms with Crippen molar-refractivity contribution in [3.05, 3.63) is 35.4 Å². The fraction of sp³-hybridized carbons (Fsp3) is 0.588. The Balaban J connectivity index is 1.81. The van der Waals surface area contributed by atoms with E-state index >= 15 is 0 Å². The second-order valence-electron chi connectivity index (χ2n) is 5.70. The quantitative estimate of drug-likeness (QED) is 0.893. The van der Waals surface area contributed by atoms with Gasteiger partial charge < -0.3 is 10.2 Å². The molecule has 1 fully saturated rings. The Hall–Kier alpha value is -1.35. The van der Waals surface area contributed by atoms with Crippen LogP contribution in [0.5, 0.6) is 0 Å². The lowest BCUT2D eigenvalue weighted by Gasteiger charge is -2.27. The zero-order valence-corrected chi connectivity index (χ0v) is 12.7. The van der Waals surface area contributed by atoms with E-state index in [-0.39, 0.29) is 5.92 Å². The second kappa shape index (κ2) is 7.44. The number of likely N-dealkylation sites (N-methyl/N-ethyl adjacent to an activating group) is 1. The number of rotatable bonds is 5. The van der Waals surface area contributed by atoms with Gasteiger partial charge in [0.2, 0.25) is 5.91 Å². The SMILES string of the molecule is CCc1ccc(CCN(C)C(=O)C2CCNCC2)cc1. The fourth-order valence-electron chi connectivity index (χ4n) is 2.73. The molecular weight excluding hydrogens is 248 g/mol. The third-order valence-corrected chi connectivity index (χ3v) is 4.23. The van der Waals surface area contributed by atoms with Crippen molar-refractivity contribution >= 4 is 5.91 Å². The topological polar surface area (TPSA) is 32.3 Å². The van der Waals surface area contributed by atoms with E-state index in [1.54, 1.807) is 0 Å². The van der Waals surface area contributed by atoms with Gasteiger partial charge in [-0.25, -0.2) is 0 Å². The van der Waals surface area contributed by atoms with Crippen LogP contribution >= 0.6 is 0 Å². The monoisotopic (exact) mass is 274 g/mol. The van der Waals surface area contributed by atoms with Crippen molar-refractivity contribution in [3.8, 4) is 0 Å². The number of carbonyl (C=O) groups excluding carboxylic acids is 1. The maximum atomic E-state index is 12.3. The summed E-state index contributed by atoms with van der Waals surface area (Å²) >= 11 is 0. The van der Waals surface area contributed by atoms with E-state index in [0.717, 1.165) is 45.3 Å². The van der Waals surface area contributed by atoms with E-state index in [4.69, 9.17) is 0 Å². The number of piperidine rings is 1. The van der Waals surface area contributed by atoms with Crippen LogP contribution < -0.4 is 5.32 Å². The van der Waals surface area contributed by atoms with E-state index in [9.17, 15) is 4.79 Å². The average Bonchev–Trinajstić information content (AvgIpc) is 2.53. The summed E-state index contributed by atoms with van der Waals surface area (Å²) in [6.45, 7) is 4.93. The van der Waals surface area contributed by atoms with Crippen LogP contribution in [0, 0.1) is 5.92 Å². The van der Waals surface area contributed by atoms with Crippen LogP contribution in [-0.2, 0) is 17.6 Å². The predicted molar refractivity (Wildman–Crippen MR) is 82.8 cm³/mol. The molecule has 2 rings (SSSR count). The number of nitrogens with one attached hydrogen (secondary N) is 1. The Kier molecular flexibility index (Phi) is 5.60. The van der Waals surface area contributed by atoms with Crippen LogP contribution in [0.4, 0.5) is 0 Å². The Labute approximate surface area is 122 Å². The fourth-order valence-corrected chi connectivity index (χ4v) is 2.73. The number of nitrogens with zero attached hydrogens (tertiary/aromatic N) is 1. The van der Waals surface area contributed by atoms with Crippen molar-refractivity contribution < 1.29 is 4.79 Å². The summed E-state index contributed by atoms with van der Waals surface area (Å²) in [7, 11) is 1.94. The molecule has 1 N–H and O–H groups in total. The molecule has 0 unspecified atom stereocenters. The molecule has 1 saturated heterocycles. The van der Waals surface area contributed by atoms with E-state index in [0.29, 0.717) is 5.91 Å². The van der Waals surface area contributed by atoms with Gasteiger partial charge in [0.15, 0.2) is 0 Å². The summed E-state index contributed by atoms with van der Waals surface area (Å²) in [6, 6.07) is 8.73. The molecule has 1 aromatic carbocycles. The molecule has 0 aliphatic carbocycles. The first kappa shape index (κ1) is 15.0. The van der Waals surface area contributed by atoms with Gasteiger partial charge in [-0.3, -0.25) is 4.79 Å². The van der Waals surface area contributed by atoms with Crippen molar-refractivity contribution in [1.29, 1.82) is 0 Å². The molecule has 3 nitrogen and oxygen atoms in total. The Bertz CT molecular complexity index is 421. The standard InChI is InChI=1S/C17H26N2O/c1-3-14-4-6-15(7-5-14)10-13-19(2)17(20)16-8-11-18-12-9-16/h4-7,16,18H,3,8-13H2,1-2H3. The van der Waals surface area contributed by atoms with Gasteiger partial charge in [-0.05, 0) is 49.9 Å². The largest absolute Gasteiger partial charge is 0.345 e. The van der Waals surface area contributed by atoms with Crippen molar-refractivity contribution in [2.45, 2.75) is 32.6 Å². The third kappa shape index (κ3) is 4.07. The van der Waals surface area contributed by atoms with Gasteiger partial charge in [-0.15, -0.1) is 0 Å². The van der Waals surface area contributed by atoms with Crippen molar-refractivity contribution in [2.75, 3.05) is 26.7 Å². The van der Waals surface area contributed by atoms with Crippen LogP contribution in [0.25, 0.3) is 0 Å². The van der Waals surface area contributed by atoms with Gasteiger partial charge in [0.05, 0.1) is 0 Å². The Morgan fingerprint density at radius 3 is 2.40 bits per heavy atom. The Morgan fingerprint density at radius 2 is 1.80 bits per heavy atom. The summed E-state index contributed by atoms with van der Waals surface area (Å²) in [4.78, 5) is 14.2. The van der Waals surface area contributed by atoms with Crippen LogP contribution in [0.2, 0.25) is 0 Å². The Morgan fingerprint density at radius 1 is 1.20 bits per heavy atom. The molecular formula is C17H26N2O. The van der Waals surface area contributed by atoms with Gasteiger partial charge in [0.25, 0.3) is 0 Å². The molecule has 1 heterocycles. The average molecular weight is 274 g/mol. The highest BCUT2D eigenvalue weighted by molar-refractivity contribution is 5.78. The molecule has 0 atom stereocenters. The molecule has 3 heteroatoms. The molecule has 0 bridgehead atoms. The maximum absolute atomic E-state index is 12.3. The molecule has 0 aromatic heterocycles. The summed E-state index contributed by atoms with van der Waals surface area (Å²) in [5.74, 6) is 0.542. The van der Waals surface area contributed by atoms with Crippen LogP contribution in [0.1, 0.15) is 30.9 Å². The van der Waals surface area contributed by atoms with Gasteiger partial charge in [-0.2, -0.15) is 0 Å². The minimum atomic E-state index is 0.226. The van der Waals surface area contributed by atoms with Gasteiger partial charge >= 0.3 is 0 Å². The van der Waals surface area contributed by atoms with Crippen molar-refractivity contribution in [3.63, 3.8) is 0 Å². The second-order valence-corrected chi connectivity index (χ2v) is 5.70. The molecule has 1 aliphatic rings. The highest BCUT2D eigenvalue weighted by atomic mass is 16.2. The molecule has 1 amide bonds. The van der Waals surface area contributed by atoms with E-state index in [2.05, 4.69) is 36.5 Å². The lowest BCUT2D eigenvalue weighted by atomic mass is 9.96. The zero-order chi connectivity index (χ0) is 14.4. The molecule has 110 valence electrons. The highest BCUT2D eigenvalue weighted by Gasteiger charge is 2.23. The molecule has 1 aromatic rings. The predicted octanol–water partition coefficient (Wildman–Crippen LogP) is 2.25. The minimum Gasteiger partial charge on any atom is -0.345 e.